The van der Waals surface area contributed by atoms with Gasteiger partial charge in [0.1, 0.15) is 0 Å². The van der Waals surface area contributed by atoms with Crippen LogP contribution < -0.4 is 0 Å². The first-order valence-corrected chi connectivity index (χ1v) is 7.53. The Labute approximate surface area is 125 Å². The van der Waals surface area contributed by atoms with Crippen LogP contribution in [0.2, 0.25) is 0 Å². The fraction of sp³-hybridized carbons (Fsp3) is 0.529. The zero-order valence-corrected chi connectivity index (χ0v) is 12.6. The van der Waals surface area contributed by atoms with Crippen molar-refractivity contribution in [1.29, 1.82) is 0 Å². The molecule has 114 valence electrons. The number of ether oxygens (including phenoxy) is 1. The minimum atomic E-state index is -1.41. The Morgan fingerprint density at radius 3 is 2.62 bits per heavy atom. The second-order valence-corrected chi connectivity index (χ2v) is 5.66. The highest BCUT2D eigenvalue weighted by atomic mass is 16.5. The quantitative estimate of drug-likeness (QED) is 0.619. The van der Waals surface area contributed by atoms with Gasteiger partial charge in [0.2, 0.25) is 0 Å². The third-order valence-electron chi connectivity index (χ3n) is 4.31. The second-order valence-electron chi connectivity index (χ2n) is 5.66. The number of benzene rings is 1. The van der Waals surface area contributed by atoms with Crippen molar-refractivity contribution in [3.8, 4) is 0 Å². The first-order valence-electron chi connectivity index (χ1n) is 7.53. The van der Waals surface area contributed by atoms with E-state index in [1.54, 1.807) is 6.92 Å². The monoisotopic (exact) mass is 290 g/mol. The summed E-state index contributed by atoms with van der Waals surface area (Å²) in [5.74, 6) is -1.52. The van der Waals surface area contributed by atoms with Crippen molar-refractivity contribution >= 4 is 11.9 Å². The Morgan fingerprint density at radius 2 is 2.05 bits per heavy atom. The average molecular weight is 290 g/mol. The number of hydrogen-bond acceptors (Lipinski definition) is 3. The number of aliphatic carboxylic acids is 1. The number of carbonyl (C=O) groups is 2. The van der Waals surface area contributed by atoms with Crippen LogP contribution in [0.4, 0.5) is 0 Å². The topological polar surface area (TPSA) is 63.6 Å². The molecule has 4 nitrogen and oxygen atoms in total. The zero-order valence-electron chi connectivity index (χ0n) is 12.6. The van der Waals surface area contributed by atoms with Crippen LogP contribution >= 0.6 is 0 Å². The summed E-state index contributed by atoms with van der Waals surface area (Å²) < 4.78 is 5.06. The van der Waals surface area contributed by atoms with Gasteiger partial charge in [-0.15, -0.1) is 0 Å². The summed E-state index contributed by atoms with van der Waals surface area (Å²) in [6.45, 7) is 3.81. The molecule has 1 aliphatic carbocycles. The summed E-state index contributed by atoms with van der Waals surface area (Å²) >= 11 is 0. The first kappa shape index (κ1) is 15.5. The van der Waals surface area contributed by atoms with Crippen LogP contribution in [0.1, 0.15) is 50.2 Å². The molecule has 0 bridgehead atoms. The standard InChI is InChI=1S/C17H22O4/c1-3-9-17(15(18)19,16(20)21-4-2)11-13-10-12-7-5-6-8-14(12)13/h5-8,13H,3-4,9-11H2,1-2H3,(H,18,19). The third kappa shape index (κ3) is 2.80. The van der Waals surface area contributed by atoms with Crippen molar-refractivity contribution < 1.29 is 19.4 Å². The summed E-state index contributed by atoms with van der Waals surface area (Å²) in [6, 6.07) is 8.01. The molecule has 4 heteroatoms. The Kier molecular flexibility index (Phi) is 4.66. The van der Waals surface area contributed by atoms with Crippen LogP contribution in [0.25, 0.3) is 0 Å². The molecule has 0 saturated heterocycles. The molecule has 0 radical (unpaired) electrons. The van der Waals surface area contributed by atoms with Crippen LogP contribution in [0.5, 0.6) is 0 Å². The largest absolute Gasteiger partial charge is 0.480 e. The summed E-state index contributed by atoms with van der Waals surface area (Å²) in [4.78, 5) is 24.1. The van der Waals surface area contributed by atoms with Crippen molar-refractivity contribution in [2.45, 2.75) is 45.4 Å². The molecule has 0 aromatic heterocycles. The zero-order chi connectivity index (χ0) is 15.5. The predicted octanol–water partition coefficient (Wildman–Crippen LogP) is 3.15. The molecule has 1 aliphatic rings. The van der Waals surface area contributed by atoms with Crippen LogP contribution in [0.15, 0.2) is 24.3 Å². The Hall–Kier alpha value is -1.84. The molecule has 1 N–H and O–H groups in total. The van der Waals surface area contributed by atoms with Crippen LogP contribution in [-0.2, 0) is 20.7 Å². The lowest BCUT2D eigenvalue weighted by Gasteiger charge is -2.36. The highest BCUT2D eigenvalue weighted by molar-refractivity contribution is 5.99. The maximum absolute atomic E-state index is 12.3. The fourth-order valence-corrected chi connectivity index (χ4v) is 3.23. The number of rotatable bonds is 7. The molecule has 21 heavy (non-hydrogen) atoms. The predicted molar refractivity (Wildman–Crippen MR) is 79.1 cm³/mol. The van der Waals surface area contributed by atoms with E-state index in [0.29, 0.717) is 19.3 Å². The number of carboxylic acid groups (broad SMARTS) is 1. The minimum absolute atomic E-state index is 0.133. The Bertz CT molecular complexity index is 537. The van der Waals surface area contributed by atoms with Gasteiger partial charge in [0, 0.05) is 0 Å². The van der Waals surface area contributed by atoms with E-state index in [2.05, 4.69) is 6.07 Å². The van der Waals surface area contributed by atoms with Gasteiger partial charge in [-0.2, -0.15) is 0 Å². The van der Waals surface area contributed by atoms with Gasteiger partial charge in [0.05, 0.1) is 6.61 Å². The summed E-state index contributed by atoms with van der Waals surface area (Å²) in [6.07, 6.45) is 2.12. The van der Waals surface area contributed by atoms with E-state index in [0.717, 1.165) is 6.42 Å². The first-order chi connectivity index (χ1) is 10.0. The number of carbonyl (C=O) groups excluding carboxylic acids is 1. The molecule has 0 spiro atoms. The molecule has 1 aromatic rings. The van der Waals surface area contributed by atoms with E-state index in [-0.39, 0.29) is 12.5 Å². The van der Waals surface area contributed by atoms with Crippen LogP contribution in [-0.4, -0.2) is 23.7 Å². The minimum Gasteiger partial charge on any atom is -0.480 e. The highest BCUT2D eigenvalue weighted by Crippen LogP contribution is 2.45. The van der Waals surface area contributed by atoms with Gasteiger partial charge in [-0.05, 0) is 43.2 Å². The van der Waals surface area contributed by atoms with E-state index < -0.39 is 17.4 Å². The lowest BCUT2D eigenvalue weighted by molar-refractivity contribution is -0.170. The summed E-state index contributed by atoms with van der Waals surface area (Å²) in [7, 11) is 0. The summed E-state index contributed by atoms with van der Waals surface area (Å²) in [5, 5.41) is 9.67. The molecule has 1 aromatic carbocycles. The van der Waals surface area contributed by atoms with E-state index in [9.17, 15) is 14.7 Å². The second kappa shape index (κ2) is 6.29. The lowest BCUT2D eigenvalue weighted by Crippen LogP contribution is -2.43. The normalized spacial score (nSPS) is 19.0. The smallest absolute Gasteiger partial charge is 0.323 e. The molecular formula is C17H22O4. The van der Waals surface area contributed by atoms with Gasteiger partial charge in [-0.25, -0.2) is 0 Å². The van der Waals surface area contributed by atoms with Crippen LogP contribution in [0.3, 0.4) is 0 Å². The van der Waals surface area contributed by atoms with E-state index >= 15 is 0 Å². The Balaban J connectivity index is 2.24. The molecule has 2 rings (SSSR count). The molecule has 0 heterocycles. The van der Waals surface area contributed by atoms with E-state index in [1.165, 1.54) is 11.1 Å². The van der Waals surface area contributed by atoms with Crippen molar-refractivity contribution in [2.75, 3.05) is 6.61 Å². The van der Waals surface area contributed by atoms with Gasteiger partial charge in [0.15, 0.2) is 5.41 Å². The van der Waals surface area contributed by atoms with E-state index in [4.69, 9.17) is 4.74 Å². The number of esters is 1. The lowest BCUT2D eigenvalue weighted by atomic mass is 9.67. The maximum atomic E-state index is 12.3. The van der Waals surface area contributed by atoms with Gasteiger partial charge < -0.3 is 9.84 Å². The Morgan fingerprint density at radius 1 is 1.33 bits per heavy atom. The molecule has 0 aliphatic heterocycles. The third-order valence-corrected chi connectivity index (χ3v) is 4.31. The molecule has 0 fully saturated rings. The van der Waals surface area contributed by atoms with Gasteiger partial charge >= 0.3 is 11.9 Å². The molecule has 2 unspecified atom stereocenters. The molecule has 0 amide bonds. The van der Waals surface area contributed by atoms with Crippen molar-refractivity contribution in [3.63, 3.8) is 0 Å². The number of fused-ring (bicyclic) bond motifs is 1. The van der Waals surface area contributed by atoms with Crippen molar-refractivity contribution in [2.24, 2.45) is 5.41 Å². The fourth-order valence-electron chi connectivity index (χ4n) is 3.23. The van der Waals surface area contributed by atoms with Gasteiger partial charge in [-0.3, -0.25) is 9.59 Å². The van der Waals surface area contributed by atoms with Crippen LogP contribution in [0, 0.1) is 5.41 Å². The van der Waals surface area contributed by atoms with Crippen molar-refractivity contribution in [1.82, 2.24) is 0 Å². The molecular weight excluding hydrogens is 268 g/mol. The summed E-state index contributed by atoms with van der Waals surface area (Å²) in [5.41, 5.74) is 1.01. The molecule has 0 saturated carbocycles. The van der Waals surface area contributed by atoms with Gasteiger partial charge in [0.25, 0.3) is 0 Å². The maximum Gasteiger partial charge on any atom is 0.323 e. The number of hydrogen-bond donors (Lipinski definition) is 1. The highest BCUT2D eigenvalue weighted by Gasteiger charge is 2.49. The number of carboxylic acids is 1. The van der Waals surface area contributed by atoms with Gasteiger partial charge in [-0.1, -0.05) is 37.6 Å². The van der Waals surface area contributed by atoms with E-state index in [1.807, 2.05) is 25.1 Å². The molecule has 2 atom stereocenters. The SMILES string of the molecule is CCCC(CC1Cc2ccccc21)(C(=O)O)C(=O)OCC. The average Bonchev–Trinajstić information content (AvgIpc) is 2.43. The van der Waals surface area contributed by atoms with Crippen molar-refractivity contribution in [3.05, 3.63) is 35.4 Å².